The fourth-order valence-corrected chi connectivity index (χ4v) is 1.79. The highest BCUT2D eigenvalue weighted by Crippen LogP contribution is 2.35. The van der Waals surface area contributed by atoms with Gasteiger partial charge in [0, 0.05) is 11.1 Å². The lowest BCUT2D eigenvalue weighted by Gasteiger charge is -2.14. The summed E-state index contributed by atoms with van der Waals surface area (Å²) in [6.45, 7) is 1.76. The number of aliphatic hydroxyl groups is 1. The van der Waals surface area contributed by atoms with E-state index >= 15 is 0 Å². The molecule has 0 bridgehead atoms. The van der Waals surface area contributed by atoms with Gasteiger partial charge in [0.2, 0.25) is 0 Å². The summed E-state index contributed by atoms with van der Waals surface area (Å²) in [6.07, 6.45) is 1.03. The summed E-state index contributed by atoms with van der Waals surface area (Å²) in [4.78, 5) is 0. The lowest BCUT2D eigenvalue weighted by atomic mass is 10.1. The van der Waals surface area contributed by atoms with E-state index < -0.39 is 0 Å². The molecule has 0 amide bonds. The molecule has 1 N–H and O–H groups in total. The van der Waals surface area contributed by atoms with Crippen molar-refractivity contribution in [3.05, 3.63) is 22.7 Å². The van der Waals surface area contributed by atoms with Gasteiger partial charge in [0.05, 0.1) is 20.3 Å². The van der Waals surface area contributed by atoms with Crippen LogP contribution in [-0.4, -0.2) is 25.4 Å². The van der Waals surface area contributed by atoms with Crippen LogP contribution >= 0.6 is 11.6 Å². The Morgan fingerprint density at radius 3 is 2.50 bits per heavy atom. The molecule has 0 radical (unpaired) electrons. The Labute approximate surface area is 101 Å². The number of ether oxygens (including phenoxy) is 2. The predicted molar refractivity (Wildman–Crippen MR) is 64.6 cm³/mol. The third kappa shape index (κ3) is 3.29. The van der Waals surface area contributed by atoms with E-state index in [1.54, 1.807) is 27.2 Å². The summed E-state index contributed by atoms with van der Waals surface area (Å²) in [6, 6.07) is 3.55. The molecule has 0 saturated heterocycles. The van der Waals surface area contributed by atoms with Crippen LogP contribution < -0.4 is 9.47 Å². The molecule has 1 atom stereocenters. The van der Waals surface area contributed by atoms with Gasteiger partial charge in [-0.15, -0.1) is 0 Å². The van der Waals surface area contributed by atoms with E-state index in [9.17, 15) is 5.11 Å². The van der Waals surface area contributed by atoms with Crippen LogP contribution in [0.5, 0.6) is 11.5 Å². The number of aliphatic hydroxyl groups excluding tert-OH is 1. The number of methoxy groups -OCH3 is 2. The highest BCUT2D eigenvalue weighted by Gasteiger charge is 2.12. The monoisotopic (exact) mass is 244 g/mol. The molecule has 1 rings (SSSR count). The lowest BCUT2D eigenvalue weighted by molar-refractivity contribution is 0.184. The van der Waals surface area contributed by atoms with E-state index in [4.69, 9.17) is 21.1 Å². The van der Waals surface area contributed by atoms with Crippen molar-refractivity contribution in [2.45, 2.75) is 25.9 Å². The van der Waals surface area contributed by atoms with Crippen LogP contribution in [0.3, 0.4) is 0 Å². The zero-order valence-electron chi connectivity index (χ0n) is 9.79. The fourth-order valence-electron chi connectivity index (χ4n) is 1.56. The summed E-state index contributed by atoms with van der Waals surface area (Å²) in [5, 5.41) is 9.88. The van der Waals surface area contributed by atoms with Gasteiger partial charge in [-0.1, -0.05) is 11.6 Å². The fraction of sp³-hybridized carbons (Fsp3) is 0.500. The van der Waals surface area contributed by atoms with Gasteiger partial charge < -0.3 is 14.6 Å². The Bertz CT molecular complexity index is 350. The van der Waals surface area contributed by atoms with E-state index in [0.717, 1.165) is 5.56 Å². The summed E-state index contributed by atoms with van der Waals surface area (Å²) >= 11 is 5.97. The van der Waals surface area contributed by atoms with Crippen molar-refractivity contribution >= 4 is 11.6 Å². The van der Waals surface area contributed by atoms with Gasteiger partial charge in [-0.2, -0.15) is 0 Å². The average Bonchev–Trinajstić information content (AvgIpc) is 2.25. The molecule has 0 aliphatic rings. The molecule has 4 heteroatoms. The first-order valence-electron chi connectivity index (χ1n) is 5.17. The standard InChI is InChI=1S/C12H17ClO3/c1-8(14)4-5-9-6-10(13)7-11(15-2)12(9)16-3/h6-8,14H,4-5H2,1-3H3. The Morgan fingerprint density at radius 1 is 1.31 bits per heavy atom. The molecule has 0 heterocycles. The molecule has 1 aromatic rings. The van der Waals surface area contributed by atoms with Crippen LogP contribution in [0.25, 0.3) is 0 Å². The van der Waals surface area contributed by atoms with Crippen molar-refractivity contribution in [2.75, 3.05) is 14.2 Å². The highest BCUT2D eigenvalue weighted by atomic mass is 35.5. The maximum absolute atomic E-state index is 9.27. The molecule has 0 aliphatic carbocycles. The Morgan fingerprint density at radius 2 is 2.00 bits per heavy atom. The van der Waals surface area contributed by atoms with Crippen molar-refractivity contribution in [1.82, 2.24) is 0 Å². The molecule has 0 saturated carbocycles. The van der Waals surface area contributed by atoms with E-state index in [1.165, 1.54) is 0 Å². The number of hydrogen-bond acceptors (Lipinski definition) is 3. The number of benzene rings is 1. The van der Waals surface area contributed by atoms with Gasteiger partial charge >= 0.3 is 0 Å². The number of halogens is 1. The Hall–Kier alpha value is -0.930. The Balaban J connectivity index is 3.00. The third-order valence-electron chi connectivity index (χ3n) is 2.35. The zero-order valence-corrected chi connectivity index (χ0v) is 10.5. The van der Waals surface area contributed by atoms with Crippen molar-refractivity contribution < 1.29 is 14.6 Å². The molecule has 0 fully saturated rings. The smallest absolute Gasteiger partial charge is 0.164 e. The van der Waals surface area contributed by atoms with Crippen LogP contribution in [0, 0.1) is 0 Å². The van der Waals surface area contributed by atoms with Gasteiger partial charge in [-0.05, 0) is 31.4 Å². The number of aryl methyl sites for hydroxylation is 1. The van der Waals surface area contributed by atoms with Crippen molar-refractivity contribution in [3.63, 3.8) is 0 Å². The van der Waals surface area contributed by atoms with Crippen molar-refractivity contribution in [3.8, 4) is 11.5 Å². The van der Waals surface area contributed by atoms with E-state index in [1.807, 2.05) is 6.07 Å². The van der Waals surface area contributed by atoms with Crippen LogP contribution in [0.2, 0.25) is 5.02 Å². The summed E-state index contributed by atoms with van der Waals surface area (Å²) in [5.41, 5.74) is 0.952. The topological polar surface area (TPSA) is 38.7 Å². The number of hydrogen-bond donors (Lipinski definition) is 1. The molecule has 1 aromatic carbocycles. The van der Waals surface area contributed by atoms with Gasteiger partial charge in [-0.25, -0.2) is 0 Å². The van der Waals surface area contributed by atoms with Crippen LogP contribution in [0.4, 0.5) is 0 Å². The second-order valence-corrected chi connectivity index (χ2v) is 4.12. The summed E-state index contributed by atoms with van der Waals surface area (Å²) < 4.78 is 10.5. The largest absolute Gasteiger partial charge is 0.493 e. The van der Waals surface area contributed by atoms with Crippen LogP contribution in [0.1, 0.15) is 18.9 Å². The van der Waals surface area contributed by atoms with Gasteiger partial charge in [0.1, 0.15) is 0 Å². The minimum atomic E-state index is -0.338. The molecule has 16 heavy (non-hydrogen) atoms. The molecular formula is C12H17ClO3. The molecule has 0 aliphatic heterocycles. The first kappa shape index (κ1) is 13.1. The predicted octanol–water partition coefficient (Wildman–Crippen LogP) is 2.67. The second kappa shape index (κ2) is 5.97. The van der Waals surface area contributed by atoms with Crippen LogP contribution in [0.15, 0.2) is 12.1 Å². The van der Waals surface area contributed by atoms with Crippen molar-refractivity contribution in [1.29, 1.82) is 0 Å². The minimum Gasteiger partial charge on any atom is -0.493 e. The first-order valence-corrected chi connectivity index (χ1v) is 5.54. The van der Waals surface area contributed by atoms with Gasteiger partial charge in [0.25, 0.3) is 0 Å². The quantitative estimate of drug-likeness (QED) is 0.866. The van der Waals surface area contributed by atoms with Gasteiger partial charge in [0.15, 0.2) is 11.5 Å². The minimum absolute atomic E-state index is 0.338. The lowest BCUT2D eigenvalue weighted by Crippen LogP contribution is -2.03. The first-order chi connectivity index (χ1) is 7.58. The molecule has 0 spiro atoms. The van der Waals surface area contributed by atoms with Crippen LogP contribution in [-0.2, 0) is 6.42 Å². The number of rotatable bonds is 5. The maximum atomic E-state index is 9.27. The van der Waals surface area contributed by atoms with Crippen molar-refractivity contribution in [2.24, 2.45) is 0 Å². The van der Waals surface area contributed by atoms with E-state index in [2.05, 4.69) is 0 Å². The molecule has 1 unspecified atom stereocenters. The van der Waals surface area contributed by atoms with E-state index in [0.29, 0.717) is 29.4 Å². The summed E-state index contributed by atoms with van der Waals surface area (Å²) in [5.74, 6) is 1.31. The Kier molecular flexibility index (Phi) is 4.90. The normalized spacial score (nSPS) is 12.3. The highest BCUT2D eigenvalue weighted by molar-refractivity contribution is 6.30. The maximum Gasteiger partial charge on any atom is 0.164 e. The molecular weight excluding hydrogens is 228 g/mol. The summed E-state index contributed by atoms with van der Waals surface area (Å²) in [7, 11) is 3.17. The zero-order chi connectivity index (χ0) is 12.1. The molecule has 90 valence electrons. The van der Waals surface area contributed by atoms with Gasteiger partial charge in [-0.3, -0.25) is 0 Å². The second-order valence-electron chi connectivity index (χ2n) is 3.69. The SMILES string of the molecule is COc1cc(Cl)cc(CCC(C)O)c1OC. The average molecular weight is 245 g/mol. The third-order valence-corrected chi connectivity index (χ3v) is 2.57. The van der Waals surface area contributed by atoms with E-state index in [-0.39, 0.29) is 6.10 Å². The molecule has 3 nitrogen and oxygen atoms in total. The molecule has 0 aromatic heterocycles.